The van der Waals surface area contributed by atoms with Crippen molar-refractivity contribution in [3.8, 4) is 0 Å². The summed E-state index contributed by atoms with van der Waals surface area (Å²) in [6, 6.07) is 1.00. The zero-order valence-corrected chi connectivity index (χ0v) is 10.6. The molecule has 1 heterocycles. The minimum absolute atomic E-state index is 0.270. The molecule has 94 valence electrons. The maximum absolute atomic E-state index is 10.5. The number of likely N-dealkylation sites (N-methyl/N-ethyl adjacent to an activating group) is 2. The Labute approximate surface area is 98.2 Å². The van der Waals surface area contributed by atoms with Gasteiger partial charge >= 0.3 is 5.97 Å². The highest BCUT2D eigenvalue weighted by atomic mass is 16.4. The Morgan fingerprint density at radius 3 is 2.81 bits per heavy atom. The Morgan fingerprint density at radius 1 is 1.62 bits per heavy atom. The number of carbonyl (C=O) groups is 1. The number of aliphatic carboxylic acids is 1. The Kier molecular flexibility index (Phi) is 5.22. The van der Waals surface area contributed by atoms with Gasteiger partial charge in [-0.15, -0.1) is 0 Å². The van der Waals surface area contributed by atoms with E-state index < -0.39 is 5.97 Å². The first-order valence-electron chi connectivity index (χ1n) is 6.13. The third-order valence-corrected chi connectivity index (χ3v) is 3.70. The largest absolute Gasteiger partial charge is 0.481 e. The third kappa shape index (κ3) is 4.10. The smallest absolute Gasteiger partial charge is 0.303 e. The standard InChI is InChI=1S/C12H24N2O2/c1-10(6-7-12(15)16)14(3)9-11-5-4-8-13(11)2/h10-11H,4-9H2,1-3H3,(H,15,16). The van der Waals surface area contributed by atoms with Gasteiger partial charge in [-0.3, -0.25) is 4.79 Å². The van der Waals surface area contributed by atoms with Gasteiger partial charge in [0.25, 0.3) is 0 Å². The van der Waals surface area contributed by atoms with Gasteiger partial charge in [-0.25, -0.2) is 0 Å². The average molecular weight is 228 g/mol. The molecule has 2 unspecified atom stereocenters. The zero-order chi connectivity index (χ0) is 12.1. The second kappa shape index (κ2) is 6.21. The van der Waals surface area contributed by atoms with Gasteiger partial charge in [0.05, 0.1) is 0 Å². The lowest BCUT2D eigenvalue weighted by atomic mass is 10.1. The minimum atomic E-state index is -0.696. The van der Waals surface area contributed by atoms with E-state index in [2.05, 4.69) is 30.8 Å². The third-order valence-electron chi connectivity index (χ3n) is 3.70. The summed E-state index contributed by atoms with van der Waals surface area (Å²) in [6.45, 7) is 4.36. The van der Waals surface area contributed by atoms with Crippen molar-refractivity contribution in [1.82, 2.24) is 9.80 Å². The first-order valence-corrected chi connectivity index (χ1v) is 6.13. The van der Waals surface area contributed by atoms with Crippen LogP contribution in [0.15, 0.2) is 0 Å². The fourth-order valence-corrected chi connectivity index (χ4v) is 2.28. The van der Waals surface area contributed by atoms with Crippen LogP contribution in [-0.2, 0) is 4.79 Å². The molecule has 0 aromatic rings. The van der Waals surface area contributed by atoms with Crippen LogP contribution in [0.25, 0.3) is 0 Å². The van der Waals surface area contributed by atoms with Crippen LogP contribution in [0.5, 0.6) is 0 Å². The number of carboxylic acids is 1. The molecular weight excluding hydrogens is 204 g/mol. The van der Waals surface area contributed by atoms with E-state index in [1.165, 1.54) is 19.4 Å². The number of rotatable bonds is 6. The highest BCUT2D eigenvalue weighted by Crippen LogP contribution is 2.17. The number of likely N-dealkylation sites (tertiary alicyclic amines) is 1. The molecule has 1 aliphatic rings. The van der Waals surface area contributed by atoms with Gasteiger partial charge < -0.3 is 14.9 Å². The van der Waals surface area contributed by atoms with E-state index >= 15 is 0 Å². The molecule has 1 N–H and O–H groups in total. The molecule has 4 heteroatoms. The number of carboxylic acid groups (broad SMARTS) is 1. The van der Waals surface area contributed by atoms with Crippen molar-refractivity contribution in [2.45, 2.75) is 44.7 Å². The van der Waals surface area contributed by atoms with Gasteiger partial charge in [0.1, 0.15) is 0 Å². The summed E-state index contributed by atoms with van der Waals surface area (Å²) in [6.07, 6.45) is 3.57. The first-order chi connectivity index (χ1) is 7.50. The van der Waals surface area contributed by atoms with Gasteiger partial charge in [-0.2, -0.15) is 0 Å². The highest BCUT2D eigenvalue weighted by Gasteiger charge is 2.23. The normalized spacial score (nSPS) is 23.9. The monoisotopic (exact) mass is 228 g/mol. The van der Waals surface area contributed by atoms with E-state index in [-0.39, 0.29) is 6.42 Å². The fourth-order valence-electron chi connectivity index (χ4n) is 2.28. The number of hydrogen-bond acceptors (Lipinski definition) is 3. The SMILES string of the molecule is CC(CCC(=O)O)N(C)CC1CCCN1C. The fraction of sp³-hybridized carbons (Fsp3) is 0.917. The summed E-state index contributed by atoms with van der Waals surface area (Å²) in [5.41, 5.74) is 0. The van der Waals surface area contributed by atoms with Crippen LogP contribution in [-0.4, -0.2) is 60.1 Å². The van der Waals surface area contributed by atoms with Crippen LogP contribution >= 0.6 is 0 Å². The maximum atomic E-state index is 10.5. The average Bonchev–Trinajstić information content (AvgIpc) is 2.60. The van der Waals surface area contributed by atoms with Gasteiger partial charge in [0.15, 0.2) is 0 Å². The second-order valence-electron chi connectivity index (χ2n) is 5.00. The Hall–Kier alpha value is -0.610. The van der Waals surface area contributed by atoms with E-state index in [1.54, 1.807) is 0 Å². The summed E-state index contributed by atoms with van der Waals surface area (Å²) in [5.74, 6) is -0.696. The van der Waals surface area contributed by atoms with Gasteiger partial charge in [-0.05, 0) is 46.8 Å². The number of nitrogens with zero attached hydrogens (tertiary/aromatic N) is 2. The first kappa shape index (κ1) is 13.5. The Balaban J connectivity index is 2.27. The molecule has 1 rings (SSSR count). The van der Waals surface area contributed by atoms with Gasteiger partial charge in [0.2, 0.25) is 0 Å². The summed E-state index contributed by atoms with van der Waals surface area (Å²) >= 11 is 0. The number of hydrogen-bond donors (Lipinski definition) is 1. The van der Waals surface area contributed by atoms with Crippen molar-refractivity contribution in [1.29, 1.82) is 0 Å². The van der Waals surface area contributed by atoms with E-state index in [1.807, 2.05) is 0 Å². The summed E-state index contributed by atoms with van der Waals surface area (Å²) in [7, 11) is 4.27. The van der Waals surface area contributed by atoms with Crippen molar-refractivity contribution in [3.05, 3.63) is 0 Å². The van der Waals surface area contributed by atoms with Crippen molar-refractivity contribution in [2.24, 2.45) is 0 Å². The van der Waals surface area contributed by atoms with Crippen LogP contribution in [0.4, 0.5) is 0 Å². The highest BCUT2D eigenvalue weighted by molar-refractivity contribution is 5.66. The van der Waals surface area contributed by atoms with E-state index in [4.69, 9.17) is 5.11 Å². The lowest BCUT2D eigenvalue weighted by molar-refractivity contribution is -0.137. The predicted octanol–water partition coefficient (Wildman–Crippen LogP) is 1.27. The van der Waals surface area contributed by atoms with Crippen molar-refractivity contribution >= 4 is 5.97 Å². The molecule has 1 fully saturated rings. The molecular formula is C12H24N2O2. The van der Waals surface area contributed by atoms with E-state index in [0.717, 1.165) is 13.0 Å². The zero-order valence-electron chi connectivity index (χ0n) is 10.6. The Morgan fingerprint density at radius 2 is 2.31 bits per heavy atom. The van der Waals surface area contributed by atoms with Crippen LogP contribution in [0.3, 0.4) is 0 Å². The lowest BCUT2D eigenvalue weighted by Crippen LogP contribution is -2.40. The quantitative estimate of drug-likeness (QED) is 0.743. The molecule has 0 amide bonds. The van der Waals surface area contributed by atoms with Crippen LogP contribution in [0.1, 0.15) is 32.6 Å². The van der Waals surface area contributed by atoms with E-state index in [9.17, 15) is 4.79 Å². The molecule has 0 spiro atoms. The molecule has 0 aliphatic carbocycles. The van der Waals surface area contributed by atoms with Crippen molar-refractivity contribution in [3.63, 3.8) is 0 Å². The van der Waals surface area contributed by atoms with Crippen molar-refractivity contribution in [2.75, 3.05) is 27.2 Å². The topological polar surface area (TPSA) is 43.8 Å². The molecule has 4 nitrogen and oxygen atoms in total. The minimum Gasteiger partial charge on any atom is -0.481 e. The molecule has 16 heavy (non-hydrogen) atoms. The van der Waals surface area contributed by atoms with E-state index in [0.29, 0.717) is 12.1 Å². The second-order valence-corrected chi connectivity index (χ2v) is 5.00. The van der Waals surface area contributed by atoms with Crippen LogP contribution < -0.4 is 0 Å². The predicted molar refractivity (Wildman–Crippen MR) is 64.6 cm³/mol. The summed E-state index contributed by atoms with van der Waals surface area (Å²) in [4.78, 5) is 15.2. The molecule has 0 aromatic heterocycles. The van der Waals surface area contributed by atoms with Gasteiger partial charge in [0, 0.05) is 25.0 Å². The summed E-state index contributed by atoms with van der Waals surface area (Å²) < 4.78 is 0. The molecule has 2 atom stereocenters. The Bertz CT molecular complexity index is 233. The molecule has 0 saturated carbocycles. The van der Waals surface area contributed by atoms with Gasteiger partial charge in [-0.1, -0.05) is 0 Å². The van der Waals surface area contributed by atoms with Crippen LogP contribution in [0.2, 0.25) is 0 Å². The molecule has 1 aliphatic heterocycles. The molecule has 0 bridgehead atoms. The summed E-state index contributed by atoms with van der Waals surface area (Å²) in [5, 5.41) is 8.64. The maximum Gasteiger partial charge on any atom is 0.303 e. The molecule has 1 saturated heterocycles. The molecule has 0 radical (unpaired) electrons. The van der Waals surface area contributed by atoms with Crippen LogP contribution in [0, 0.1) is 0 Å². The van der Waals surface area contributed by atoms with Crippen molar-refractivity contribution < 1.29 is 9.90 Å². The molecule has 0 aromatic carbocycles. The lowest BCUT2D eigenvalue weighted by Gasteiger charge is -2.30.